The van der Waals surface area contributed by atoms with Gasteiger partial charge in [-0.05, 0) is 50.5 Å². The van der Waals surface area contributed by atoms with Crippen molar-refractivity contribution in [3.63, 3.8) is 0 Å². The van der Waals surface area contributed by atoms with E-state index in [-0.39, 0.29) is 35.3 Å². The molecule has 0 atom stereocenters. The predicted octanol–water partition coefficient (Wildman–Crippen LogP) is 3.40. The third-order valence-electron chi connectivity index (χ3n) is 5.37. The maximum Gasteiger partial charge on any atom is 0.251 e. The summed E-state index contributed by atoms with van der Waals surface area (Å²) in [4.78, 5) is 38.8. The van der Waals surface area contributed by atoms with Crippen molar-refractivity contribution in [2.45, 2.75) is 32.7 Å². The lowest BCUT2D eigenvalue weighted by Gasteiger charge is -2.32. The van der Waals surface area contributed by atoms with Crippen LogP contribution in [-0.4, -0.2) is 53.3 Å². The summed E-state index contributed by atoms with van der Waals surface area (Å²) in [6.07, 6.45) is 1.48. The molecular formula is C24H29N3O3S. The Balaban J connectivity index is 1.35. The molecule has 31 heavy (non-hydrogen) atoms. The lowest BCUT2D eigenvalue weighted by atomic mass is 10.0. The number of thioether (sulfide) groups is 1. The van der Waals surface area contributed by atoms with E-state index in [1.54, 1.807) is 0 Å². The molecule has 0 spiro atoms. The Morgan fingerprint density at radius 3 is 2.32 bits per heavy atom. The first kappa shape index (κ1) is 22.9. The molecule has 1 heterocycles. The highest BCUT2D eigenvalue weighted by molar-refractivity contribution is 8.00. The molecule has 3 rings (SSSR count). The summed E-state index contributed by atoms with van der Waals surface area (Å²) in [7, 11) is 0. The number of nitrogens with one attached hydrogen (secondary N) is 2. The summed E-state index contributed by atoms with van der Waals surface area (Å²) >= 11 is 1.32. The molecule has 1 fully saturated rings. The van der Waals surface area contributed by atoms with Gasteiger partial charge in [0, 0.05) is 30.4 Å². The van der Waals surface area contributed by atoms with Crippen molar-refractivity contribution < 1.29 is 14.4 Å². The molecule has 0 unspecified atom stereocenters. The number of aryl methyl sites for hydroxylation is 2. The average molecular weight is 440 g/mol. The number of piperidine rings is 1. The van der Waals surface area contributed by atoms with Gasteiger partial charge in [0.2, 0.25) is 11.8 Å². The van der Waals surface area contributed by atoms with Crippen LogP contribution in [0.5, 0.6) is 0 Å². The Kier molecular flexibility index (Phi) is 8.12. The molecule has 7 heteroatoms. The van der Waals surface area contributed by atoms with E-state index in [9.17, 15) is 14.4 Å². The van der Waals surface area contributed by atoms with Crippen LogP contribution in [0.25, 0.3) is 0 Å². The number of amides is 3. The van der Waals surface area contributed by atoms with Crippen LogP contribution in [0.4, 0.5) is 5.69 Å². The van der Waals surface area contributed by atoms with E-state index in [0.717, 1.165) is 29.7 Å². The van der Waals surface area contributed by atoms with Gasteiger partial charge in [-0.15, -0.1) is 11.8 Å². The molecule has 1 aliphatic rings. The van der Waals surface area contributed by atoms with Crippen molar-refractivity contribution in [1.29, 1.82) is 0 Å². The van der Waals surface area contributed by atoms with E-state index >= 15 is 0 Å². The van der Waals surface area contributed by atoms with Gasteiger partial charge in [0.1, 0.15) is 0 Å². The van der Waals surface area contributed by atoms with Crippen molar-refractivity contribution in [3.05, 3.63) is 65.2 Å². The Labute approximate surface area is 187 Å². The summed E-state index contributed by atoms with van der Waals surface area (Å²) in [5, 5.41) is 5.92. The fourth-order valence-electron chi connectivity index (χ4n) is 3.52. The van der Waals surface area contributed by atoms with Crippen LogP contribution in [0.1, 0.15) is 34.3 Å². The molecule has 0 radical (unpaired) electrons. The van der Waals surface area contributed by atoms with Gasteiger partial charge in [0.05, 0.1) is 11.5 Å². The summed E-state index contributed by atoms with van der Waals surface area (Å²) in [5.74, 6) is 0.388. The van der Waals surface area contributed by atoms with E-state index in [2.05, 4.69) is 10.6 Å². The highest BCUT2D eigenvalue weighted by Crippen LogP contribution is 2.15. The number of nitrogens with zero attached hydrogens (tertiary/aromatic N) is 1. The number of likely N-dealkylation sites (tertiary alicyclic amines) is 1. The molecular weight excluding hydrogens is 410 g/mol. The molecule has 164 valence electrons. The molecule has 1 aliphatic heterocycles. The topological polar surface area (TPSA) is 78.5 Å². The van der Waals surface area contributed by atoms with Crippen molar-refractivity contribution >= 4 is 35.2 Å². The molecule has 0 bridgehead atoms. The summed E-state index contributed by atoms with van der Waals surface area (Å²) in [6.45, 7) is 5.16. The van der Waals surface area contributed by atoms with Crippen LogP contribution in [-0.2, 0) is 9.59 Å². The number of anilines is 1. The molecule has 2 aromatic carbocycles. The van der Waals surface area contributed by atoms with Gasteiger partial charge < -0.3 is 15.5 Å². The van der Waals surface area contributed by atoms with E-state index < -0.39 is 0 Å². The van der Waals surface area contributed by atoms with E-state index in [4.69, 9.17) is 0 Å². The minimum Gasteiger partial charge on any atom is -0.349 e. The third kappa shape index (κ3) is 6.85. The highest BCUT2D eigenvalue weighted by atomic mass is 32.2. The van der Waals surface area contributed by atoms with E-state index in [1.807, 2.05) is 67.3 Å². The minimum absolute atomic E-state index is 0.0387. The van der Waals surface area contributed by atoms with Crippen molar-refractivity contribution in [2.24, 2.45) is 0 Å². The SMILES string of the molecule is Cc1ccc(NC(=O)CSCC(=O)N2CCC(NC(=O)c3ccccc3C)CC2)cc1. The Morgan fingerprint density at radius 2 is 1.65 bits per heavy atom. The molecule has 6 nitrogen and oxygen atoms in total. The van der Waals surface area contributed by atoms with Crippen molar-refractivity contribution in [2.75, 3.05) is 29.9 Å². The monoisotopic (exact) mass is 439 g/mol. The van der Waals surface area contributed by atoms with Gasteiger partial charge in [-0.1, -0.05) is 35.9 Å². The molecule has 0 saturated carbocycles. The van der Waals surface area contributed by atoms with Gasteiger partial charge in [0.15, 0.2) is 0 Å². The largest absolute Gasteiger partial charge is 0.349 e. The second-order valence-corrected chi connectivity index (χ2v) is 8.84. The average Bonchev–Trinajstić information content (AvgIpc) is 2.76. The quantitative estimate of drug-likeness (QED) is 0.693. The Morgan fingerprint density at radius 1 is 0.968 bits per heavy atom. The summed E-state index contributed by atoms with van der Waals surface area (Å²) < 4.78 is 0. The smallest absolute Gasteiger partial charge is 0.251 e. The normalized spacial score (nSPS) is 14.2. The first-order valence-electron chi connectivity index (χ1n) is 10.5. The molecule has 1 saturated heterocycles. The van der Waals surface area contributed by atoms with Gasteiger partial charge in [-0.2, -0.15) is 0 Å². The number of rotatable bonds is 7. The van der Waals surface area contributed by atoms with Gasteiger partial charge >= 0.3 is 0 Å². The maximum atomic E-state index is 12.5. The summed E-state index contributed by atoms with van der Waals surface area (Å²) in [5.41, 5.74) is 3.55. The molecule has 2 N–H and O–H groups in total. The van der Waals surface area contributed by atoms with Crippen LogP contribution in [0.15, 0.2) is 48.5 Å². The molecule has 0 aromatic heterocycles. The Bertz CT molecular complexity index is 922. The van der Waals surface area contributed by atoms with Crippen LogP contribution in [0.3, 0.4) is 0 Å². The van der Waals surface area contributed by atoms with Crippen LogP contribution >= 0.6 is 11.8 Å². The van der Waals surface area contributed by atoms with Crippen LogP contribution in [0, 0.1) is 13.8 Å². The van der Waals surface area contributed by atoms with Gasteiger partial charge in [0.25, 0.3) is 5.91 Å². The standard InChI is InChI=1S/C24H29N3O3S/c1-17-7-9-19(10-8-17)25-22(28)15-31-16-23(29)27-13-11-20(12-14-27)26-24(30)21-6-4-3-5-18(21)2/h3-10,20H,11-16H2,1-2H3,(H,25,28)(H,26,30). The molecule has 0 aliphatic carbocycles. The fourth-order valence-corrected chi connectivity index (χ4v) is 4.24. The number of hydrogen-bond donors (Lipinski definition) is 2. The van der Waals surface area contributed by atoms with Crippen LogP contribution in [0.2, 0.25) is 0 Å². The molecule has 2 aromatic rings. The molecule has 3 amide bonds. The number of carbonyl (C=O) groups is 3. The minimum atomic E-state index is -0.112. The number of carbonyl (C=O) groups excluding carboxylic acids is 3. The lowest BCUT2D eigenvalue weighted by molar-refractivity contribution is -0.129. The van der Waals surface area contributed by atoms with E-state index in [0.29, 0.717) is 18.7 Å². The zero-order chi connectivity index (χ0) is 22.2. The Hall–Kier alpha value is -2.80. The van der Waals surface area contributed by atoms with Crippen molar-refractivity contribution in [1.82, 2.24) is 10.2 Å². The second-order valence-electron chi connectivity index (χ2n) is 7.85. The fraction of sp³-hybridized carbons (Fsp3) is 0.375. The number of benzene rings is 2. The van der Waals surface area contributed by atoms with E-state index in [1.165, 1.54) is 11.8 Å². The van der Waals surface area contributed by atoms with Gasteiger partial charge in [-0.25, -0.2) is 0 Å². The summed E-state index contributed by atoms with van der Waals surface area (Å²) in [6, 6.07) is 15.2. The third-order valence-corrected chi connectivity index (χ3v) is 6.28. The zero-order valence-corrected chi connectivity index (χ0v) is 18.8. The second kappa shape index (κ2) is 11.0. The maximum absolute atomic E-state index is 12.5. The lowest BCUT2D eigenvalue weighted by Crippen LogP contribution is -2.47. The highest BCUT2D eigenvalue weighted by Gasteiger charge is 2.24. The van der Waals surface area contributed by atoms with Crippen molar-refractivity contribution in [3.8, 4) is 0 Å². The van der Waals surface area contributed by atoms with Gasteiger partial charge in [-0.3, -0.25) is 14.4 Å². The zero-order valence-electron chi connectivity index (χ0n) is 18.0. The van der Waals surface area contributed by atoms with Crippen LogP contribution < -0.4 is 10.6 Å². The number of hydrogen-bond acceptors (Lipinski definition) is 4. The predicted molar refractivity (Wildman–Crippen MR) is 125 cm³/mol. The first-order chi connectivity index (χ1) is 14.9. The first-order valence-corrected chi connectivity index (χ1v) is 11.7.